The summed E-state index contributed by atoms with van der Waals surface area (Å²) in [5.41, 5.74) is 5.49. The Hall–Kier alpha value is -2.11. The van der Waals surface area contributed by atoms with E-state index < -0.39 is 11.4 Å². The summed E-state index contributed by atoms with van der Waals surface area (Å²) in [4.78, 5) is 76.2. The molecule has 2 saturated heterocycles. The van der Waals surface area contributed by atoms with Crippen LogP contribution >= 0.6 is 54.9 Å². The minimum absolute atomic E-state index is 0.0429. The molecule has 2 fully saturated rings. The Bertz CT molecular complexity index is 1800. The second-order valence-electron chi connectivity index (χ2n) is 19.8. The van der Waals surface area contributed by atoms with Gasteiger partial charge >= 0.3 is 12.0 Å². The molecule has 25 heteroatoms. The Morgan fingerprint density at radius 3 is 1.77 bits per heavy atom. The molecular weight excluding hydrogens is 1130 g/mol. The average molecular weight is 1230 g/mol. The summed E-state index contributed by atoms with van der Waals surface area (Å²) in [5, 5.41) is 29.2. The Labute approximate surface area is 496 Å². The third-order valence-electron chi connectivity index (χ3n) is 12.7. The van der Waals surface area contributed by atoms with Crippen molar-refractivity contribution in [3.8, 4) is 0 Å². The fourth-order valence-electron chi connectivity index (χ4n) is 8.54. The van der Waals surface area contributed by atoms with Crippen LogP contribution in [0.1, 0.15) is 118 Å². The molecule has 4 amide bonds. The summed E-state index contributed by atoms with van der Waals surface area (Å²) in [6, 6.07) is 0.262. The maximum atomic E-state index is 13.6. The lowest BCUT2D eigenvalue weighted by Crippen LogP contribution is -2.36. The first-order valence-electron chi connectivity index (χ1n) is 28.5. The van der Waals surface area contributed by atoms with Gasteiger partial charge in [-0.2, -0.15) is 11.8 Å². The molecule has 20 nitrogen and oxygen atoms in total. The molecule has 8 N–H and O–H groups in total. The third kappa shape index (κ3) is 34.6. The van der Waals surface area contributed by atoms with Crippen molar-refractivity contribution in [2.45, 2.75) is 135 Å². The molecule has 0 spiro atoms. The van der Waals surface area contributed by atoms with Gasteiger partial charge in [-0.3, -0.25) is 24.0 Å². The molecule has 2 aliphatic heterocycles. The Morgan fingerprint density at radius 2 is 1.16 bits per heavy atom. The number of nitrogens with one attached hydrogen (secondary N) is 4. The first kappa shape index (κ1) is 74.0. The number of ether oxygens (including phenoxy) is 7. The van der Waals surface area contributed by atoms with Crippen LogP contribution in [-0.2, 0) is 57.1 Å². The predicted octanol–water partition coefficient (Wildman–Crippen LogP) is 5.99. The maximum absolute atomic E-state index is 13.6. The molecule has 3 atom stereocenters. The number of rotatable bonds is 50. The van der Waals surface area contributed by atoms with Crippen molar-refractivity contribution in [2.24, 2.45) is 11.1 Å². The largest absolute Gasteiger partial charge is 0.466 e. The van der Waals surface area contributed by atoms with Crippen molar-refractivity contribution in [1.29, 1.82) is 0 Å². The Morgan fingerprint density at radius 1 is 0.613 bits per heavy atom. The van der Waals surface area contributed by atoms with E-state index in [1.54, 1.807) is 38.5 Å². The van der Waals surface area contributed by atoms with Crippen LogP contribution in [-0.4, -0.2) is 210 Å². The van der Waals surface area contributed by atoms with Crippen molar-refractivity contribution in [3.05, 3.63) is 22.3 Å². The summed E-state index contributed by atoms with van der Waals surface area (Å²) in [6.45, 7) is 15.1. The Balaban J connectivity index is 0.000000876. The van der Waals surface area contributed by atoms with Gasteiger partial charge in [0.05, 0.1) is 97.8 Å². The lowest BCUT2D eigenvalue weighted by molar-refractivity contribution is -0.145. The number of allylic oxidation sites excluding steroid dienone is 4. The molecule has 1 aliphatic carbocycles. The minimum Gasteiger partial charge on any atom is -0.466 e. The number of carbonyl (C=O) groups excluding carboxylic acids is 6. The highest BCUT2D eigenvalue weighted by Crippen LogP contribution is 2.40. The molecule has 0 aromatic heterocycles. The maximum Gasteiger partial charge on any atom is 0.315 e. The van der Waals surface area contributed by atoms with Gasteiger partial charge in [0, 0.05) is 114 Å². The topological polar surface area (TPSA) is 282 Å². The number of esters is 1. The molecule has 0 aromatic rings. The summed E-state index contributed by atoms with van der Waals surface area (Å²) in [7, 11) is 7.45. The first-order chi connectivity index (χ1) is 38.8. The van der Waals surface area contributed by atoms with Crippen molar-refractivity contribution in [2.75, 3.05) is 148 Å². The number of nitrogens with two attached hydrogens (primary N) is 1. The Kier molecular flexibility index (Phi) is 44.5. The molecular formula is C55H97N5O15S5. The number of aliphatic hydroxyl groups is 2. The van der Waals surface area contributed by atoms with Crippen LogP contribution in [0.5, 0.6) is 0 Å². The number of fused-ring (bicyclic) bond motifs is 1. The monoisotopic (exact) mass is 1230 g/mol. The van der Waals surface area contributed by atoms with Gasteiger partial charge in [-0.05, 0) is 78.1 Å². The summed E-state index contributed by atoms with van der Waals surface area (Å²) >= 11 is 1.86. The molecule has 3 aliphatic rings. The van der Waals surface area contributed by atoms with Crippen LogP contribution in [0.25, 0.3) is 0 Å². The van der Waals surface area contributed by atoms with E-state index in [1.165, 1.54) is 24.3 Å². The number of ketones is 2. The average Bonchev–Trinajstić information content (AvgIpc) is 4.07. The number of hydrogen-bond donors (Lipinski definition) is 7. The lowest BCUT2D eigenvalue weighted by Gasteiger charge is -2.31. The normalized spacial score (nSPS) is 17.1. The first-order valence-corrected chi connectivity index (χ1v) is 34.5. The van der Waals surface area contributed by atoms with Gasteiger partial charge in [0.15, 0.2) is 11.6 Å². The van der Waals surface area contributed by atoms with Crippen LogP contribution in [0.4, 0.5) is 4.79 Å². The van der Waals surface area contributed by atoms with Crippen LogP contribution in [0.15, 0.2) is 22.3 Å². The summed E-state index contributed by atoms with van der Waals surface area (Å²) in [5.74, 6) is 3.77. The fraction of sp³-hybridized carbons (Fsp3) is 0.818. The van der Waals surface area contributed by atoms with Gasteiger partial charge in [-0.1, -0.05) is 63.4 Å². The summed E-state index contributed by atoms with van der Waals surface area (Å²) in [6.07, 6.45) is 10.1. The smallest absolute Gasteiger partial charge is 0.315 e. The number of Topliss-reactive ketones (excluding diaryl/α,β-unsaturated/α-hetero) is 2. The van der Waals surface area contributed by atoms with Crippen molar-refractivity contribution >= 4 is 90.3 Å². The van der Waals surface area contributed by atoms with E-state index in [-0.39, 0.29) is 97.3 Å². The predicted molar refractivity (Wildman–Crippen MR) is 324 cm³/mol. The van der Waals surface area contributed by atoms with Crippen LogP contribution < -0.4 is 27.0 Å². The molecule has 2 heterocycles. The highest BCUT2D eigenvalue weighted by Gasteiger charge is 2.43. The molecule has 0 bridgehead atoms. The quantitative estimate of drug-likeness (QED) is 0.0121. The molecule has 80 heavy (non-hydrogen) atoms. The van der Waals surface area contributed by atoms with Gasteiger partial charge < -0.3 is 70.4 Å². The number of aliphatic hydroxyl groups excluding tert-OH is 2. The number of carbonyl (C=O) groups is 6. The van der Waals surface area contributed by atoms with E-state index in [2.05, 4.69) is 21.3 Å². The molecule has 3 rings (SSSR count). The minimum atomic E-state index is -0.967. The van der Waals surface area contributed by atoms with Gasteiger partial charge in [0.25, 0.3) is 0 Å². The molecule has 0 aromatic carbocycles. The highest BCUT2D eigenvalue weighted by molar-refractivity contribution is 8.77. The second-order valence-corrected chi connectivity index (χ2v) is 26.5. The fourth-order valence-corrected chi connectivity index (χ4v) is 14.4. The number of amides is 4. The number of unbranched alkanes of at least 4 members (excludes halogenated alkanes) is 4. The van der Waals surface area contributed by atoms with Gasteiger partial charge in [-0.25, -0.2) is 4.79 Å². The van der Waals surface area contributed by atoms with Crippen molar-refractivity contribution in [3.63, 3.8) is 0 Å². The van der Waals surface area contributed by atoms with Crippen molar-refractivity contribution in [1.82, 2.24) is 21.3 Å². The third-order valence-corrected chi connectivity index (χ3v) is 19.2. The van der Waals surface area contributed by atoms with E-state index in [4.69, 9.17) is 49.1 Å². The highest BCUT2D eigenvalue weighted by atomic mass is 33.1. The SMILES string of the molecule is CC1=C(CCC(=O)NCCOCCOCCSSCCCCOCCO)C(=O)C(C)=C(C(C)(C)CC(=O)OCCCNC(=O)CCCCC2SCC3NC(=O)NC32)C1=O.NCCOCCOCCCCSSCCCCOCCO. The number of thioether (sulfide) groups is 1. The number of hydrogen-bond acceptors (Lipinski definition) is 21. The van der Waals surface area contributed by atoms with Crippen LogP contribution in [0.2, 0.25) is 0 Å². The standard InChI is InChI=1S/C41H66N4O11S3.C14H31NO4S2/c1-28-30(12-13-34(48)43-15-19-54-21-22-55-23-25-59-58-24-8-7-17-53-20-16-46)38(50)29(2)36(39(28)51)41(3,4)26-35(49)56-18-9-14-42-33(47)11-6-5-10-32-37-31(27-57-32)44-40(52)45-37;15-5-9-19-12-11-18-8-2-4-14-21-20-13-3-1-7-17-10-6-16/h31-32,37,46H,5-27H2,1-4H3,(H,42,47)(H,43,48)(H2,44,45,52);16H,1-15H2. The van der Waals surface area contributed by atoms with E-state index in [1.807, 2.05) is 44.1 Å². The zero-order chi connectivity index (χ0) is 58.5. The summed E-state index contributed by atoms with van der Waals surface area (Å²) < 4.78 is 37.7. The molecule has 0 saturated carbocycles. The van der Waals surface area contributed by atoms with Crippen LogP contribution in [0, 0.1) is 5.41 Å². The molecule has 462 valence electrons. The van der Waals surface area contributed by atoms with E-state index in [0.717, 1.165) is 75.4 Å². The van der Waals surface area contributed by atoms with E-state index in [9.17, 15) is 28.8 Å². The van der Waals surface area contributed by atoms with Gasteiger partial charge in [0.1, 0.15) is 0 Å². The number of urea groups is 1. The second kappa shape index (κ2) is 48.2. The molecule has 3 unspecified atom stereocenters. The zero-order valence-corrected chi connectivity index (χ0v) is 52.3. The zero-order valence-electron chi connectivity index (χ0n) is 48.2. The molecule has 0 radical (unpaired) electrons. The van der Waals surface area contributed by atoms with Crippen LogP contribution in [0.3, 0.4) is 0 Å². The van der Waals surface area contributed by atoms with Gasteiger partial charge in [-0.15, -0.1) is 0 Å². The van der Waals surface area contributed by atoms with Crippen molar-refractivity contribution < 1.29 is 72.1 Å². The van der Waals surface area contributed by atoms with E-state index >= 15 is 0 Å². The van der Waals surface area contributed by atoms with E-state index in [0.29, 0.717) is 109 Å². The van der Waals surface area contributed by atoms with Gasteiger partial charge in [0.2, 0.25) is 11.8 Å². The lowest BCUT2D eigenvalue weighted by atomic mass is 9.70.